The van der Waals surface area contributed by atoms with E-state index in [0.717, 1.165) is 89.2 Å². The van der Waals surface area contributed by atoms with Crippen LogP contribution in [0.3, 0.4) is 0 Å². The predicted octanol–water partition coefficient (Wildman–Crippen LogP) is 10.1. The Morgan fingerprint density at radius 3 is 1.36 bits per heavy atom. The van der Waals surface area contributed by atoms with Crippen LogP contribution in [-0.4, -0.2) is 134 Å². The molecule has 5 fully saturated rings. The van der Waals surface area contributed by atoms with Crippen molar-refractivity contribution in [2.45, 2.75) is 139 Å². The number of nitrogens with zero attached hydrogens (tertiary/aromatic N) is 14. The number of hydrogen-bond donors (Lipinski definition) is 4. The van der Waals surface area contributed by atoms with Gasteiger partial charge in [0.2, 0.25) is 23.8 Å². The summed E-state index contributed by atoms with van der Waals surface area (Å²) in [5, 5.41) is 29.8. The van der Waals surface area contributed by atoms with Gasteiger partial charge in [0.05, 0.1) is 64.8 Å². The minimum absolute atomic E-state index is 0.0291. The summed E-state index contributed by atoms with van der Waals surface area (Å²) in [6.07, 6.45) is 31.9. The molecule has 6 aromatic rings. The van der Waals surface area contributed by atoms with Gasteiger partial charge in [0.1, 0.15) is 17.4 Å². The largest absolute Gasteiger partial charge is 0.481 e. The Hall–Kier alpha value is -8.58. The van der Waals surface area contributed by atoms with Gasteiger partial charge in [0, 0.05) is 83.2 Å². The van der Waals surface area contributed by atoms with Gasteiger partial charge in [0.25, 0.3) is 11.8 Å². The lowest BCUT2D eigenvalue weighted by atomic mass is 9.88. The first-order valence-electron chi connectivity index (χ1n) is 28.7. The molecule has 0 radical (unpaired) electrons. The molecule has 0 spiro atoms. The zero-order valence-corrected chi connectivity index (χ0v) is 48.1. The number of alkyl halides is 4. The third kappa shape index (κ3) is 14.0. The molecular formula is C59H69F4N17O5. The van der Waals surface area contributed by atoms with Crippen molar-refractivity contribution in [2.75, 3.05) is 16.0 Å². The van der Waals surface area contributed by atoms with Crippen LogP contribution in [0, 0.1) is 23.7 Å². The number of hydrogen-bond acceptors (Lipinski definition) is 16. The summed E-state index contributed by atoms with van der Waals surface area (Å²) in [5.74, 6) is -6.77. The van der Waals surface area contributed by atoms with Crippen molar-refractivity contribution in [3.8, 4) is 0 Å². The summed E-state index contributed by atoms with van der Waals surface area (Å²) >= 11 is 0. The summed E-state index contributed by atoms with van der Waals surface area (Å²) in [7, 11) is 5.59. The number of carboxylic acid groups (broad SMARTS) is 1. The lowest BCUT2D eigenvalue weighted by molar-refractivity contribution is -0.141. The summed E-state index contributed by atoms with van der Waals surface area (Å²) < 4.78 is 60.8. The molecule has 14 rings (SSSR count). The van der Waals surface area contributed by atoms with Crippen LogP contribution in [0.1, 0.15) is 115 Å². The molecule has 4 N–H and O–H groups in total. The highest BCUT2D eigenvalue weighted by atomic mass is 19.3. The van der Waals surface area contributed by atoms with Crippen molar-refractivity contribution in [1.29, 1.82) is 0 Å². The molecule has 3 saturated carbocycles. The summed E-state index contributed by atoms with van der Waals surface area (Å²) in [4.78, 5) is 65.2. The smallest absolute Gasteiger partial charge is 0.411 e. The first-order valence-corrected chi connectivity index (χ1v) is 28.7. The standard InChI is InChI=1S/C20H26N6O2.C19H20F2N6O.C16H19N5.C4H4F2O2/c1-20(2,3)28-19(27)26-15-5-6-16(26)10-13(9-15)17-7-8-21-18(24-17)23-14-11-22-25(4)12-14;1-26-10-12(9-23-26)24-18-22-5-4-16(25-18)11-6-13-2-3-14(7-11)27(13)17(28)15-8-19(15,20)21;1-21-10-14(9-18-21)19-16-17-5-4-15(20-16)13-7-11-2-3-12(6-11)8-13;5-4(6)1-2(4)3(7)8/h7-9,11-12,15-16H,5-6,10H2,1-4H3,(H,21,23,24);4-6,9-10,13-15H,2-3,7-8H2,1H3,(H,22,24,25);4-5,7,9-12H,2-3,6,8H2,1H3,(H,17,19,20);2H,1H2,(H,7,8)/t;13?,14?,15-;;2-/m.0.0/s1. The molecule has 6 unspecified atom stereocenters. The topological polar surface area (TPSA) is 254 Å². The van der Waals surface area contributed by atoms with Gasteiger partial charge in [-0.25, -0.2) is 52.3 Å². The number of rotatable bonds is 11. The second-order valence-electron chi connectivity index (χ2n) is 24.1. The Bertz CT molecular complexity index is 3550. The number of aliphatic carboxylic acids is 1. The number of aromatic nitrogens is 12. The zero-order chi connectivity index (χ0) is 60.0. The first kappa shape index (κ1) is 58.2. The van der Waals surface area contributed by atoms with Gasteiger partial charge >= 0.3 is 12.1 Å². The van der Waals surface area contributed by atoms with Crippen molar-refractivity contribution in [3.05, 3.63) is 109 Å². The highest BCUT2D eigenvalue weighted by Crippen LogP contribution is 2.52. The summed E-state index contributed by atoms with van der Waals surface area (Å²) in [6.45, 7) is 5.70. The van der Waals surface area contributed by atoms with Crippen LogP contribution in [-0.2, 0) is 35.5 Å². The van der Waals surface area contributed by atoms with Crippen LogP contribution in [0.15, 0.2) is 92.2 Å². The highest BCUT2D eigenvalue weighted by Gasteiger charge is 2.64. The van der Waals surface area contributed by atoms with Crippen LogP contribution in [0.2, 0.25) is 0 Å². The second kappa shape index (κ2) is 23.5. The number of carbonyl (C=O) groups excluding carboxylic acids is 2. The number of carboxylic acids is 1. The number of amides is 2. The SMILES string of the molecule is Cn1cc(Nc2nccc(C3=CC4CCC(C3)C4)n2)cn1.Cn1cc(Nc2nccc(C3=CC4CCC(C3)N4C(=O)OC(C)(C)C)n2)cn1.Cn1cc(Nc2nccc(C3=CC4CCC(C3)N4C(=O)[C@@H]3CC3(F)F)n2)cn1.O=C(O)[C@@H]1CC1(F)F. The molecule has 4 aliphatic carbocycles. The van der Waals surface area contributed by atoms with Crippen molar-refractivity contribution in [1.82, 2.24) is 69.0 Å². The van der Waals surface area contributed by atoms with Crippen molar-refractivity contribution >= 4 is 69.6 Å². The van der Waals surface area contributed by atoms with E-state index >= 15 is 0 Å². The monoisotopic (exact) mass is 1170 g/mol. The molecule has 2 saturated heterocycles. The lowest BCUT2D eigenvalue weighted by Gasteiger charge is -2.35. The Morgan fingerprint density at radius 1 is 0.588 bits per heavy atom. The number of anilines is 6. The van der Waals surface area contributed by atoms with Gasteiger partial charge < -0.3 is 30.7 Å². The molecule has 10 heterocycles. The Balaban J connectivity index is 0.000000125. The lowest BCUT2D eigenvalue weighted by Crippen LogP contribution is -2.45. The van der Waals surface area contributed by atoms with Crippen LogP contribution in [0.4, 0.5) is 57.3 Å². The first-order chi connectivity index (χ1) is 40.5. The van der Waals surface area contributed by atoms with Crippen molar-refractivity contribution in [3.63, 3.8) is 0 Å². The van der Waals surface area contributed by atoms with E-state index in [-0.39, 0.29) is 36.7 Å². The predicted molar refractivity (Wildman–Crippen MR) is 306 cm³/mol. The van der Waals surface area contributed by atoms with Crippen LogP contribution in [0.5, 0.6) is 0 Å². The molecule has 8 atom stereocenters. The Morgan fingerprint density at radius 2 is 1.01 bits per heavy atom. The van der Waals surface area contributed by atoms with E-state index in [0.29, 0.717) is 24.3 Å². The van der Waals surface area contributed by atoms with Crippen molar-refractivity contribution < 1.29 is 41.8 Å². The maximum Gasteiger partial charge on any atom is 0.411 e. The quantitative estimate of drug-likeness (QED) is 0.0880. The summed E-state index contributed by atoms with van der Waals surface area (Å²) in [5.41, 5.74) is 8.39. The minimum Gasteiger partial charge on any atom is -0.481 e. The van der Waals surface area contributed by atoms with E-state index < -0.39 is 47.6 Å². The van der Waals surface area contributed by atoms with E-state index in [1.54, 1.807) is 49.9 Å². The van der Waals surface area contributed by atoms with E-state index in [2.05, 4.69) is 73.3 Å². The molecule has 4 aliphatic heterocycles. The van der Waals surface area contributed by atoms with Gasteiger partial charge in [-0.05, 0) is 132 Å². The number of halogens is 4. The fraction of sp³-hybridized carbons (Fsp3) is 0.492. The van der Waals surface area contributed by atoms with Gasteiger partial charge in [-0.2, -0.15) is 15.3 Å². The number of fused-ring (bicyclic) bond motifs is 6. The molecule has 6 aromatic heterocycles. The minimum atomic E-state index is -2.91. The molecule has 26 heteroatoms. The van der Waals surface area contributed by atoms with Gasteiger partial charge in [0.15, 0.2) is 0 Å². The highest BCUT2D eigenvalue weighted by molar-refractivity contribution is 5.85. The van der Waals surface area contributed by atoms with Crippen molar-refractivity contribution in [2.24, 2.45) is 44.8 Å². The normalized spacial score (nSPS) is 25.0. The van der Waals surface area contributed by atoms with Crippen LogP contribution < -0.4 is 16.0 Å². The molecule has 0 aromatic carbocycles. The van der Waals surface area contributed by atoms with E-state index in [4.69, 9.17) is 9.84 Å². The van der Waals surface area contributed by atoms with Gasteiger partial charge in [-0.15, -0.1) is 0 Å². The third-order valence-corrected chi connectivity index (χ3v) is 16.3. The van der Waals surface area contributed by atoms with E-state index in [1.807, 2.05) is 95.9 Å². The molecule has 6 bridgehead atoms. The molecule has 448 valence electrons. The molecular weight excluding hydrogens is 1100 g/mol. The zero-order valence-electron chi connectivity index (χ0n) is 48.1. The number of nitrogens with one attached hydrogen (secondary N) is 3. The fourth-order valence-corrected chi connectivity index (χ4v) is 12.1. The number of ether oxygens (including phenoxy) is 1. The van der Waals surface area contributed by atoms with Gasteiger partial charge in [-0.3, -0.25) is 28.5 Å². The van der Waals surface area contributed by atoms with E-state index in [1.165, 1.54) is 31.3 Å². The molecule has 8 aliphatic rings. The maximum absolute atomic E-state index is 13.4. The third-order valence-electron chi connectivity index (χ3n) is 16.3. The second-order valence-corrected chi connectivity index (χ2v) is 24.1. The Labute approximate surface area is 488 Å². The number of carbonyl (C=O) groups is 3. The van der Waals surface area contributed by atoms with Crippen LogP contribution >= 0.6 is 0 Å². The Kier molecular flexibility index (Phi) is 16.1. The number of allylic oxidation sites excluding steroid dienone is 2. The molecule has 22 nitrogen and oxygen atoms in total. The maximum atomic E-state index is 13.4. The van der Waals surface area contributed by atoms with Gasteiger partial charge in [-0.1, -0.05) is 18.2 Å². The summed E-state index contributed by atoms with van der Waals surface area (Å²) in [6, 6.07) is 5.85. The average Bonchev–Trinajstić information content (AvgIpc) is 1.72. The number of aryl methyl sites for hydroxylation is 3. The average molecular weight is 1170 g/mol. The van der Waals surface area contributed by atoms with E-state index in [9.17, 15) is 31.9 Å². The molecule has 85 heavy (non-hydrogen) atoms. The fourth-order valence-electron chi connectivity index (χ4n) is 12.1. The molecule has 2 amide bonds. The van der Waals surface area contributed by atoms with Crippen LogP contribution in [0.25, 0.3) is 16.7 Å².